The van der Waals surface area contributed by atoms with Gasteiger partial charge in [0, 0.05) is 34.4 Å². The Labute approximate surface area is 122 Å². The normalized spacial score (nSPS) is 11.8. The Morgan fingerprint density at radius 2 is 2.00 bits per heavy atom. The number of nitrogens with zero attached hydrogens (tertiary/aromatic N) is 3. The Bertz CT molecular complexity index is 596. The topological polar surface area (TPSA) is 56.7 Å². The zero-order valence-corrected chi connectivity index (χ0v) is 13.3. The first-order valence-electron chi connectivity index (χ1n) is 6.32. The summed E-state index contributed by atoms with van der Waals surface area (Å²) in [6, 6.07) is 1.98. The van der Waals surface area contributed by atoms with Gasteiger partial charge in [-0.15, -0.1) is 0 Å². The van der Waals surface area contributed by atoms with E-state index in [0.717, 1.165) is 28.1 Å². The smallest absolute Gasteiger partial charge is 0.131 e. The molecule has 0 saturated carbocycles. The van der Waals surface area contributed by atoms with E-state index in [2.05, 4.69) is 53.2 Å². The molecule has 0 aliphatic carbocycles. The maximum atomic E-state index is 6.25. The molecule has 0 aromatic carbocycles. The predicted octanol–water partition coefficient (Wildman–Crippen LogP) is 3.61. The Morgan fingerprint density at radius 1 is 1.32 bits per heavy atom. The Kier molecular flexibility index (Phi) is 3.67. The molecule has 4 nitrogen and oxygen atoms in total. The molecule has 0 aliphatic heterocycles. The molecule has 0 saturated heterocycles. The monoisotopic (exact) mass is 322 g/mol. The molecular weight excluding hydrogens is 304 g/mol. The summed E-state index contributed by atoms with van der Waals surface area (Å²) in [5.74, 6) is 1.70. The van der Waals surface area contributed by atoms with Crippen molar-refractivity contribution >= 4 is 21.7 Å². The molecule has 0 unspecified atom stereocenters. The minimum Gasteiger partial charge on any atom is -0.383 e. The van der Waals surface area contributed by atoms with Gasteiger partial charge in [0.05, 0.1) is 0 Å². The Balaban J connectivity index is 2.63. The van der Waals surface area contributed by atoms with Crippen molar-refractivity contribution in [3.05, 3.63) is 28.8 Å². The molecule has 102 valence electrons. The van der Waals surface area contributed by atoms with E-state index in [4.69, 9.17) is 10.7 Å². The molecule has 2 N–H and O–H groups in total. The number of aromatic nitrogens is 3. The van der Waals surface area contributed by atoms with Crippen LogP contribution in [-0.4, -0.2) is 14.5 Å². The van der Waals surface area contributed by atoms with Crippen molar-refractivity contribution < 1.29 is 0 Å². The van der Waals surface area contributed by atoms with Crippen molar-refractivity contribution in [3.63, 3.8) is 0 Å². The zero-order chi connectivity index (χ0) is 14.2. The molecular formula is C14H19BrN4. The fraction of sp³-hybridized carbons (Fsp3) is 0.429. The lowest BCUT2D eigenvalue weighted by Crippen LogP contribution is -2.19. The minimum absolute atomic E-state index is 0.0399. The highest BCUT2D eigenvalue weighted by atomic mass is 79.9. The third-order valence-electron chi connectivity index (χ3n) is 2.97. The van der Waals surface area contributed by atoms with Gasteiger partial charge in [0.25, 0.3) is 0 Å². The van der Waals surface area contributed by atoms with E-state index < -0.39 is 0 Å². The van der Waals surface area contributed by atoms with Crippen LogP contribution in [0.3, 0.4) is 0 Å². The molecule has 2 aromatic heterocycles. The number of hydrogen-bond acceptors (Lipinski definition) is 3. The first kappa shape index (κ1) is 14.1. The highest BCUT2D eigenvalue weighted by Crippen LogP contribution is 2.32. The molecule has 0 atom stereocenters. The summed E-state index contributed by atoms with van der Waals surface area (Å²) in [6.07, 6.45) is 3.54. The summed E-state index contributed by atoms with van der Waals surface area (Å²) < 4.78 is 2.99. The van der Waals surface area contributed by atoms with Crippen LogP contribution in [0.2, 0.25) is 0 Å². The Morgan fingerprint density at radius 3 is 2.47 bits per heavy atom. The van der Waals surface area contributed by atoms with Crippen molar-refractivity contribution in [1.82, 2.24) is 14.5 Å². The van der Waals surface area contributed by atoms with Gasteiger partial charge >= 0.3 is 0 Å². The summed E-state index contributed by atoms with van der Waals surface area (Å²) in [5.41, 5.74) is 7.95. The average Bonchev–Trinajstić information content (AvgIpc) is 2.66. The standard InChI is InChI=1S/C14H19BrN4/c1-5-19-12(16)11(18-13(19)14(2,3)4)9-6-10(15)8-17-7-9/h6-8H,5,16H2,1-4H3. The first-order chi connectivity index (χ1) is 8.84. The number of nitrogen functional groups attached to an aromatic ring is 1. The minimum atomic E-state index is -0.0399. The van der Waals surface area contributed by atoms with E-state index in [-0.39, 0.29) is 5.41 Å². The van der Waals surface area contributed by atoms with Crippen LogP contribution in [0.1, 0.15) is 33.5 Å². The van der Waals surface area contributed by atoms with Gasteiger partial charge in [-0.1, -0.05) is 20.8 Å². The molecule has 5 heteroatoms. The number of anilines is 1. The van der Waals surface area contributed by atoms with Crippen molar-refractivity contribution in [2.45, 2.75) is 39.7 Å². The van der Waals surface area contributed by atoms with E-state index in [1.54, 1.807) is 12.4 Å². The van der Waals surface area contributed by atoms with Gasteiger partial charge in [0.15, 0.2) is 0 Å². The molecule has 0 fully saturated rings. The highest BCUT2D eigenvalue weighted by molar-refractivity contribution is 9.10. The Hall–Kier alpha value is -1.36. The lowest BCUT2D eigenvalue weighted by Gasteiger charge is -2.19. The van der Waals surface area contributed by atoms with Crippen LogP contribution < -0.4 is 5.73 Å². The van der Waals surface area contributed by atoms with Crippen molar-refractivity contribution in [1.29, 1.82) is 0 Å². The zero-order valence-electron chi connectivity index (χ0n) is 11.7. The number of nitrogens with two attached hydrogens (primary N) is 1. The summed E-state index contributed by atoms with van der Waals surface area (Å²) in [7, 11) is 0. The van der Waals surface area contributed by atoms with Gasteiger partial charge in [0.1, 0.15) is 17.3 Å². The van der Waals surface area contributed by atoms with E-state index in [1.165, 1.54) is 0 Å². The van der Waals surface area contributed by atoms with Gasteiger partial charge in [0.2, 0.25) is 0 Å². The van der Waals surface area contributed by atoms with Crippen LogP contribution in [0.4, 0.5) is 5.82 Å². The maximum Gasteiger partial charge on any atom is 0.131 e. The number of imidazole rings is 1. The second-order valence-electron chi connectivity index (χ2n) is 5.56. The lowest BCUT2D eigenvalue weighted by molar-refractivity contribution is 0.508. The quantitative estimate of drug-likeness (QED) is 0.918. The van der Waals surface area contributed by atoms with E-state index in [9.17, 15) is 0 Å². The van der Waals surface area contributed by atoms with Gasteiger partial charge in [-0.3, -0.25) is 4.98 Å². The predicted molar refractivity (Wildman–Crippen MR) is 81.9 cm³/mol. The number of hydrogen-bond donors (Lipinski definition) is 1. The molecule has 2 heterocycles. The van der Waals surface area contributed by atoms with Crippen LogP contribution in [0, 0.1) is 0 Å². The number of rotatable bonds is 2. The van der Waals surface area contributed by atoms with E-state index >= 15 is 0 Å². The van der Waals surface area contributed by atoms with Gasteiger partial charge in [-0.05, 0) is 28.9 Å². The molecule has 0 radical (unpaired) electrons. The first-order valence-corrected chi connectivity index (χ1v) is 7.11. The second-order valence-corrected chi connectivity index (χ2v) is 6.47. The summed E-state index contributed by atoms with van der Waals surface area (Å²) >= 11 is 3.43. The molecule has 0 spiro atoms. The van der Waals surface area contributed by atoms with Crippen molar-refractivity contribution in [3.8, 4) is 11.3 Å². The molecule has 2 rings (SSSR count). The van der Waals surface area contributed by atoms with Crippen molar-refractivity contribution in [2.75, 3.05) is 5.73 Å². The molecule has 0 aliphatic rings. The van der Waals surface area contributed by atoms with Crippen LogP contribution in [0.25, 0.3) is 11.3 Å². The van der Waals surface area contributed by atoms with Gasteiger partial charge in [-0.2, -0.15) is 0 Å². The number of halogens is 1. The largest absolute Gasteiger partial charge is 0.383 e. The molecule has 2 aromatic rings. The average molecular weight is 323 g/mol. The summed E-state index contributed by atoms with van der Waals surface area (Å²) in [5, 5.41) is 0. The van der Waals surface area contributed by atoms with Crippen LogP contribution >= 0.6 is 15.9 Å². The van der Waals surface area contributed by atoms with E-state index in [1.807, 2.05) is 6.07 Å². The van der Waals surface area contributed by atoms with Crippen molar-refractivity contribution in [2.24, 2.45) is 0 Å². The van der Waals surface area contributed by atoms with Gasteiger partial charge < -0.3 is 10.3 Å². The van der Waals surface area contributed by atoms with Crippen LogP contribution in [0.5, 0.6) is 0 Å². The fourth-order valence-electron chi connectivity index (χ4n) is 2.11. The second kappa shape index (κ2) is 4.96. The molecule has 0 bridgehead atoms. The van der Waals surface area contributed by atoms with E-state index in [0.29, 0.717) is 5.82 Å². The summed E-state index contributed by atoms with van der Waals surface area (Å²) in [4.78, 5) is 8.92. The lowest BCUT2D eigenvalue weighted by atomic mass is 9.95. The highest BCUT2D eigenvalue weighted by Gasteiger charge is 2.24. The van der Waals surface area contributed by atoms with Gasteiger partial charge in [-0.25, -0.2) is 4.98 Å². The van der Waals surface area contributed by atoms with Crippen LogP contribution in [-0.2, 0) is 12.0 Å². The molecule has 0 amide bonds. The SMILES string of the molecule is CCn1c(C(C)(C)C)nc(-c2cncc(Br)c2)c1N. The summed E-state index contributed by atoms with van der Waals surface area (Å²) in [6.45, 7) is 9.32. The number of pyridine rings is 1. The fourth-order valence-corrected chi connectivity index (χ4v) is 2.48. The molecule has 19 heavy (non-hydrogen) atoms. The maximum absolute atomic E-state index is 6.25. The third kappa shape index (κ3) is 2.66. The van der Waals surface area contributed by atoms with Crippen LogP contribution in [0.15, 0.2) is 22.9 Å². The third-order valence-corrected chi connectivity index (χ3v) is 3.41.